The number of morpholine rings is 1. The second kappa shape index (κ2) is 12.1. The number of aliphatic imine (C=N–C) groups is 1. The van der Waals surface area contributed by atoms with Crippen molar-refractivity contribution in [2.75, 3.05) is 45.9 Å². The molecule has 2 heterocycles. The van der Waals surface area contributed by atoms with Gasteiger partial charge >= 0.3 is 0 Å². The molecule has 7 nitrogen and oxygen atoms in total. The van der Waals surface area contributed by atoms with Gasteiger partial charge in [-0.2, -0.15) is 0 Å². The van der Waals surface area contributed by atoms with Crippen LogP contribution < -0.4 is 10.6 Å². The van der Waals surface area contributed by atoms with Gasteiger partial charge in [-0.3, -0.25) is 9.69 Å². The smallest absolute Gasteiger partial charge is 0.222 e. The minimum Gasteiger partial charge on any atom is -0.379 e. The highest BCUT2D eigenvalue weighted by molar-refractivity contribution is 5.79. The zero-order chi connectivity index (χ0) is 22.1. The molecule has 7 heteroatoms. The summed E-state index contributed by atoms with van der Waals surface area (Å²) in [6.45, 7) is 14.2. The first-order valence-electron chi connectivity index (χ1n) is 11.8. The number of hydrogen-bond donors (Lipinski definition) is 2. The summed E-state index contributed by atoms with van der Waals surface area (Å²) in [7, 11) is 0. The van der Waals surface area contributed by atoms with E-state index in [2.05, 4.69) is 60.6 Å². The summed E-state index contributed by atoms with van der Waals surface area (Å²) >= 11 is 0. The molecule has 31 heavy (non-hydrogen) atoms. The Bertz CT molecular complexity index is 713. The van der Waals surface area contributed by atoms with Crippen molar-refractivity contribution in [3.8, 4) is 0 Å². The van der Waals surface area contributed by atoms with E-state index in [1.54, 1.807) is 0 Å². The summed E-state index contributed by atoms with van der Waals surface area (Å²) in [4.78, 5) is 21.1. The molecule has 1 atom stereocenters. The van der Waals surface area contributed by atoms with Crippen LogP contribution >= 0.6 is 0 Å². The van der Waals surface area contributed by atoms with E-state index in [1.807, 2.05) is 4.90 Å². The molecule has 3 rings (SSSR count). The lowest BCUT2D eigenvalue weighted by Gasteiger charge is -2.37. The van der Waals surface area contributed by atoms with Crippen molar-refractivity contribution in [2.24, 2.45) is 10.9 Å². The molecule has 0 spiro atoms. The normalized spacial score (nSPS) is 19.2. The highest BCUT2D eigenvalue weighted by Crippen LogP contribution is 2.15. The van der Waals surface area contributed by atoms with Crippen molar-refractivity contribution in [1.82, 2.24) is 20.4 Å². The first-order chi connectivity index (χ1) is 15.1. The fraction of sp³-hybridized carbons (Fsp3) is 0.667. The monoisotopic (exact) mass is 429 g/mol. The SMILES string of the molecule is CCNC(=NCc1ccc(CN2CCCC2=O)cc1)NCC(C(C)C)N1CCOCC1. The molecule has 1 aromatic carbocycles. The van der Waals surface area contributed by atoms with E-state index in [1.165, 1.54) is 11.1 Å². The maximum atomic E-state index is 11.8. The Morgan fingerprint density at radius 1 is 1.10 bits per heavy atom. The predicted octanol–water partition coefficient (Wildman–Crippen LogP) is 2.22. The molecular formula is C24H39N5O2. The first-order valence-corrected chi connectivity index (χ1v) is 11.8. The summed E-state index contributed by atoms with van der Waals surface area (Å²) in [6, 6.07) is 8.93. The molecular weight excluding hydrogens is 390 g/mol. The second-order valence-corrected chi connectivity index (χ2v) is 8.77. The van der Waals surface area contributed by atoms with Gasteiger partial charge in [-0.25, -0.2) is 4.99 Å². The minimum absolute atomic E-state index is 0.270. The van der Waals surface area contributed by atoms with Crippen LogP contribution in [0.1, 0.15) is 44.7 Å². The van der Waals surface area contributed by atoms with E-state index in [4.69, 9.17) is 9.73 Å². The van der Waals surface area contributed by atoms with Crippen LogP contribution in [0, 0.1) is 5.92 Å². The average Bonchev–Trinajstić information content (AvgIpc) is 3.18. The van der Waals surface area contributed by atoms with Gasteiger partial charge in [0.2, 0.25) is 5.91 Å². The third-order valence-corrected chi connectivity index (χ3v) is 6.09. The molecule has 1 amide bonds. The largest absolute Gasteiger partial charge is 0.379 e. The van der Waals surface area contributed by atoms with Crippen molar-refractivity contribution in [2.45, 2.75) is 52.7 Å². The third kappa shape index (κ3) is 7.21. The van der Waals surface area contributed by atoms with Crippen LogP contribution in [0.2, 0.25) is 0 Å². The van der Waals surface area contributed by atoms with Crippen LogP contribution in [-0.4, -0.2) is 73.6 Å². The van der Waals surface area contributed by atoms with Crippen molar-refractivity contribution in [1.29, 1.82) is 0 Å². The van der Waals surface area contributed by atoms with Gasteiger partial charge in [-0.05, 0) is 30.4 Å². The van der Waals surface area contributed by atoms with Gasteiger partial charge in [0.05, 0.1) is 19.8 Å². The summed E-state index contributed by atoms with van der Waals surface area (Å²) in [5.74, 6) is 1.68. The standard InChI is InChI=1S/C24H39N5O2/c1-4-25-24(27-17-22(19(2)3)28-12-14-31-15-13-28)26-16-20-7-9-21(10-8-20)18-29-11-5-6-23(29)30/h7-10,19,22H,4-6,11-18H2,1-3H3,(H2,25,26,27). The molecule has 2 aliphatic heterocycles. The molecule has 172 valence electrons. The Hall–Kier alpha value is -2.12. The fourth-order valence-corrected chi connectivity index (χ4v) is 4.25. The molecule has 0 radical (unpaired) electrons. The first kappa shape index (κ1) is 23.5. The average molecular weight is 430 g/mol. The number of benzene rings is 1. The summed E-state index contributed by atoms with van der Waals surface area (Å²) in [5, 5.41) is 6.91. The molecule has 0 bridgehead atoms. The zero-order valence-corrected chi connectivity index (χ0v) is 19.4. The Labute approximate surface area is 187 Å². The number of amides is 1. The van der Waals surface area contributed by atoms with Gasteiger partial charge in [0.1, 0.15) is 0 Å². The van der Waals surface area contributed by atoms with E-state index < -0.39 is 0 Å². The molecule has 1 aromatic rings. The number of nitrogens with one attached hydrogen (secondary N) is 2. The Kier molecular flexibility index (Phi) is 9.15. The van der Waals surface area contributed by atoms with Crippen LogP contribution in [0.5, 0.6) is 0 Å². The topological polar surface area (TPSA) is 69.2 Å². The Morgan fingerprint density at radius 2 is 1.81 bits per heavy atom. The van der Waals surface area contributed by atoms with Gasteiger partial charge in [-0.1, -0.05) is 38.1 Å². The van der Waals surface area contributed by atoms with Gasteiger partial charge in [0.15, 0.2) is 5.96 Å². The number of ether oxygens (including phenoxy) is 1. The highest BCUT2D eigenvalue weighted by atomic mass is 16.5. The summed E-state index contributed by atoms with van der Waals surface area (Å²) < 4.78 is 5.51. The molecule has 1 unspecified atom stereocenters. The molecule has 2 aliphatic rings. The van der Waals surface area contributed by atoms with Gasteiger partial charge in [-0.15, -0.1) is 0 Å². The number of carbonyl (C=O) groups is 1. The lowest BCUT2D eigenvalue weighted by Crippen LogP contribution is -2.52. The van der Waals surface area contributed by atoms with E-state index in [0.29, 0.717) is 31.5 Å². The quantitative estimate of drug-likeness (QED) is 0.465. The molecule has 0 aromatic heterocycles. The van der Waals surface area contributed by atoms with Crippen molar-refractivity contribution >= 4 is 11.9 Å². The van der Waals surface area contributed by atoms with E-state index in [9.17, 15) is 4.79 Å². The van der Waals surface area contributed by atoms with Crippen LogP contribution in [0.15, 0.2) is 29.3 Å². The maximum Gasteiger partial charge on any atom is 0.222 e. The summed E-state index contributed by atoms with van der Waals surface area (Å²) in [5.41, 5.74) is 2.35. The van der Waals surface area contributed by atoms with Crippen LogP contribution in [0.4, 0.5) is 0 Å². The number of nitrogens with zero attached hydrogens (tertiary/aromatic N) is 3. The minimum atomic E-state index is 0.270. The van der Waals surface area contributed by atoms with E-state index >= 15 is 0 Å². The maximum absolute atomic E-state index is 11.8. The highest BCUT2D eigenvalue weighted by Gasteiger charge is 2.24. The van der Waals surface area contributed by atoms with Crippen LogP contribution in [0.25, 0.3) is 0 Å². The molecule has 2 saturated heterocycles. The van der Waals surface area contributed by atoms with Crippen molar-refractivity contribution in [3.63, 3.8) is 0 Å². The number of likely N-dealkylation sites (tertiary alicyclic amines) is 1. The van der Waals surface area contributed by atoms with Crippen LogP contribution in [0.3, 0.4) is 0 Å². The van der Waals surface area contributed by atoms with Gasteiger partial charge in [0.25, 0.3) is 0 Å². The van der Waals surface area contributed by atoms with Crippen molar-refractivity contribution < 1.29 is 9.53 Å². The Morgan fingerprint density at radius 3 is 2.42 bits per heavy atom. The molecule has 0 saturated carbocycles. The Balaban J connectivity index is 1.53. The van der Waals surface area contributed by atoms with Gasteiger partial charge in [0, 0.05) is 51.7 Å². The lowest BCUT2D eigenvalue weighted by molar-refractivity contribution is -0.128. The lowest BCUT2D eigenvalue weighted by atomic mass is 10.0. The number of rotatable bonds is 9. The zero-order valence-electron chi connectivity index (χ0n) is 19.4. The van der Waals surface area contributed by atoms with Crippen molar-refractivity contribution in [3.05, 3.63) is 35.4 Å². The fourth-order valence-electron chi connectivity index (χ4n) is 4.25. The number of hydrogen-bond acceptors (Lipinski definition) is 4. The van der Waals surface area contributed by atoms with E-state index in [-0.39, 0.29) is 5.91 Å². The van der Waals surface area contributed by atoms with Crippen LogP contribution in [-0.2, 0) is 22.6 Å². The molecule has 2 N–H and O–H groups in total. The predicted molar refractivity (Wildman–Crippen MR) is 125 cm³/mol. The third-order valence-electron chi connectivity index (χ3n) is 6.09. The van der Waals surface area contributed by atoms with Gasteiger partial charge < -0.3 is 20.3 Å². The number of carbonyl (C=O) groups excluding carboxylic acids is 1. The second-order valence-electron chi connectivity index (χ2n) is 8.77. The number of guanidine groups is 1. The molecule has 0 aliphatic carbocycles. The van der Waals surface area contributed by atoms with E-state index in [0.717, 1.165) is 58.3 Å². The molecule has 2 fully saturated rings. The summed E-state index contributed by atoms with van der Waals surface area (Å²) in [6.07, 6.45) is 1.67.